The van der Waals surface area contributed by atoms with Crippen molar-refractivity contribution in [2.45, 2.75) is 0 Å². The summed E-state index contributed by atoms with van der Waals surface area (Å²) in [6.45, 7) is 0. The van der Waals surface area contributed by atoms with E-state index in [1.54, 1.807) is 36.4 Å². The maximum atomic E-state index is 12.4. The van der Waals surface area contributed by atoms with Gasteiger partial charge >= 0.3 is 0 Å². The zero-order valence-corrected chi connectivity index (χ0v) is 13.0. The molecule has 0 aliphatic rings. The van der Waals surface area contributed by atoms with Gasteiger partial charge in [-0.1, -0.05) is 41.6 Å². The van der Waals surface area contributed by atoms with Crippen molar-refractivity contribution in [3.63, 3.8) is 0 Å². The lowest BCUT2D eigenvalue weighted by molar-refractivity contribution is 0.103. The summed E-state index contributed by atoms with van der Waals surface area (Å²) in [5.74, 6) is 6.17. The maximum Gasteiger partial charge on any atom is 0.193 e. The first-order valence-corrected chi connectivity index (χ1v) is 7.57. The molecule has 0 fully saturated rings. The van der Waals surface area contributed by atoms with E-state index in [4.69, 9.17) is 11.6 Å². The largest absolute Gasteiger partial charge is 0.289 e. The van der Waals surface area contributed by atoms with Gasteiger partial charge in [-0.25, -0.2) is 0 Å². The van der Waals surface area contributed by atoms with E-state index < -0.39 is 0 Å². The summed E-state index contributed by atoms with van der Waals surface area (Å²) in [7, 11) is 0. The number of rotatable bonds is 2. The molecular formula is C21H13ClO. The molecule has 0 spiro atoms. The third-order valence-electron chi connectivity index (χ3n) is 3.38. The minimum absolute atomic E-state index is 0.0239. The molecule has 0 atom stereocenters. The average Bonchev–Trinajstić information content (AvgIpc) is 2.61. The summed E-state index contributed by atoms with van der Waals surface area (Å²) >= 11 is 5.84. The zero-order valence-electron chi connectivity index (χ0n) is 12.3. The second-order valence-electron chi connectivity index (χ2n) is 5.03. The van der Waals surface area contributed by atoms with Crippen molar-refractivity contribution < 1.29 is 4.79 Å². The highest BCUT2D eigenvalue weighted by atomic mass is 35.5. The number of ketones is 1. The van der Waals surface area contributed by atoms with Crippen molar-refractivity contribution in [2.75, 3.05) is 0 Å². The first-order valence-electron chi connectivity index (χ1n) is 7.20. The van der Waals surface area contributed by atoms with Crippen LogP contribution >= 0.6 is 11.6 Å². The Morgan fingerprint density at radius 3 is 1.70 bits per heavy atom. The van der Waals surface area contributed by atoms with Gasteiger partial charge in [0.1, 0.15) is 0 Å². The Morgan fingerprint density at radius 1 is 0.652 bits per heavy atom. The molecule has 0 aliphatic heterocycles. The third-order valence-corrected chi connectivity index (χ3v) is 3.63. The molecule has 0 saturated heterocycles. The summed E-state index contributed by atoms with van der Waals surface area (Å²) in [5.41, 5.74) is 3.10. The molecule has 0 radical (unpaired) electrons. The number of hydrogen-bond donors (Lipinski definition) is 0. The number of halogens is 1. The van der Waals surface area contributed by atoms with E-state index in [0.717, 1.165) is 11.1 Å². The molecule has 1 nitrogen and oxygen atoms in total. The lowest BCUT2D eigenvalue weighted by Crippen LogP contribution is -2.00. The van der Waals surface area contributed by atoms with Gasteiger partial charge in [-0.05, 0) is 60.7 Å². The van der Waals surface area contributed by atoms with Crippen molar-refractivity contribution >= 4 is 17.4 Å². The lowest BCUT2D eigenvalue weighted by Gasteiger charge is -2.01. The van der Waals surface area contributed by atoms with Crippen LogP contribution in [0.5, 0.6) is 0 Å². The summed E-state index contributed by atoms with van der Waals surface area (Å²) < 4.78 is 0. The SMILES string of the molecule is O=C(c1ccc(Cl)cc1)c1ccc(C#Cc2ccccc2)cc1. The fourth-order valence-corrected chi connectivity index (χ4v) is 2.26. The van der Waals surface area contributed by atoms with Crippen molar-refractivity contribution in [3.8, 4) is 11.8 Å². The highest BCUT2D eigenvalue weighted by Crippen LogP contribution is 2.14. The molecule has 0 bridgehead atoms. The van der Waals surface area contributed by atoms with Gasteiger partial charge in [-0.2, -0.15) is 0 Å². The molecule has 3 aromatic rings. The maximum absolute atomic E-state index is 12.4. The van der Waals surface area contributed by atoms with Crippen LogP contribution < -0.4 is 0 Å². The molecule has 0 aromatic heterocycles. The summed E-state index contributed by atoms with van der Waals surface area (Å²) in [6, 6.07) is 24.0. The van der Waals surface area contributed by atoms with Gasteiger partial charge in [-0.3, -0.25) is 4.79 Å². The predicted molar refractivity (Wildman–Crippen MR) is 93.7 cm³/mol. The van der Waals surface area contributed by atoms with Crippen LogP contribution in [0, 0.1) is 11.8 Å². The van der Waals surface area contributed by atoms with Crippen LogP contribution in [0.2, 0.25) is 5.02 Å². The molecule has 0 N–H and O–H groups in total. The number of benzene rings is 3. The van der Waals surface area contributed by atoms with E-state index >= 15 is 0 Å². The molecule has 23 heavy (non-hydrogen) atoms. The van der Waals surface area contributed by atoms with E-state index in [1.165, 1.54) is 0 Å². The van der Waals surface area contributed by atoms with Crippen LogP contribution in [0.15, 0.2) is 78.9 Å². The van der Waals surface area contributed by atoms with Crippen molar-refractivity contribution in [2.24, 2.45) is 0 Å². The Balaban J connectivity index is 1.78. The van der Waals surface area contributed by atoms with E-state index in [9.17, 15) is 4.79 Å². The Morgan fingerprint density at radius 2 is 1.13 bits per heavy atom. The molecule has 0 saturated carbocycles. The van der Waals surface area contributed by atoms with Crippen molar-refractivity contribution in [1.29, 1.82) is 0 Å². The number of hydrogen-bond acceptors (Lipinski definition) is 1. The van der Waals surface area contributed by atoms with Gasteiger partial charge in [-0.15, -0.1) is 0 Å². The fraction of sp³-hybridized carbons (Fsp3) is 0. The smallest absolute Gasteiger partial charge is 0.193 e. The molecule has 3 aromatic carbocycles. The molecule has 0 aliphatic carbocycles. The Bertz CT molecular complexity index is 867. The standard InChI is InChI=1S/C21H13ClO/c22-20-14-12-19(13-15-20)21(23)18-10-8-17(9-11-18)7-6-16-4-2-1-3-5-16/h1-5,8-15H. The van der Waals surface area contributed by atoms with Gasteiger partial charge in [0.25, 0.3) is 0 Å². The van der Waals surface area contributed by atoms with Gasteiger partial charge in [0, 0.05) is 27.3 Å². The summed E-state index contributed by atoms with van der Waals surface area (Å²) in [6.07, 6.45) is 0. The molecular weight excluding hydrogens is 304 g/mol. The average molecular weight is 317 g/mol. The van der Waals surface area contributed by atoms with E-state index in [0.29, 0.717) is 16.1 Å². The van der Waals surface area contributed by atoms with Crippen LogP contribution in [0.4, 0.5) is 0 Å². The van der Waals surface area contributed by atoms with Crippen LogP contribution in [-0.2, 0) is 0 Å². The lowest BCUT2D eigenvalue weighted by atomic mass is 10.0. The Kier molecular flexibility index (Phi) is 4.57. The normalized spacial score (nSPS) is 9.78. The van der Waals surface area contributed by atoms with Crippen LogP contribution in [-0.4, -0.2) is 5.78 Å². The second kappa shape index (κ2) is 6.96. The highest BCUT2D eigenvalue weighted by molar-refractivity contribution is 6.30. The quantitative estimate of drug-likeness (QED) is 0.482. The van der Waals surface area contributed by atoms with Crippen LogP contribution in [0.25, 0.3) is 0 Å². The molecule has 3 rings (SSSR count). The highest BCUT2D eigenvalue weighted by Gasteiger charge is 2.08. The monoisotopic (exact) mass is 316 g/mol. The van der Waals surface area contributed by atoms with Gasteiger partial charge in [0.15, 0.2) is 5.78 Å². The van der Waals surface area contributed by atoms with E-state index in [2.05, 4.69) is 11.8 Å². The van der Waals surface area contributed by atoms with Gasteiger partial charge < -0.3 is 0 Å². The zero-order chi connectivity index (χ0) is 16.1. The molecule has 110 valence electrons. The van der Waals surface area contributed by atoms with Crippen LogP contribution in [0.1, 0.15) is 27.0 Å². The fourth-order valence-electron chi connectivity index (χ4n) is 2.14. The second-order valence-corrected chi connectivity index (χ2v) is 5.47. The van der Waals surface area contributed by atoms with Gasteiger partial charge in [0.05, 0.1) is 0 Å². The van der Waals surface area contributed by atoms with E-state index in [-0.39, 0.29) is 5.78 Å². The Hall–Kier alpha value is -2.82. The minimum Gasteiger partial charge on any atom is -0.289 e. The van der Waals surface area contributed by atoms with Crippen molar-refractivity contribution in [3.05, 3.63) is 106 Å². The summed E-state index contributed by atoms with van der Waals surface area (Å²) in [5, 5.41) is 0.619. The molecule has 2 heteroatoms. The predicted octanol–water partition coefficient (Wildman–Crippen LogP) is 4.97. The number of carbonyl (C=O) groups excluding carboxylic acids is 1. The first-order chi connectivity index (χ1) is 11.2. The number of carbonyl (C=O) groups is 1. The minimum atomic E-state index is -0.0239. The topological polar surface area (TPSA) is 17.1 Å². The van der Waals surface area contributed by atoms with E-state index in [1.807, 2.05) is 42.5 Å². The van der Waals surface area contributed by atoms with Gasteiger partial charge in [0.2, 0.25) is 0 Å². The molecule has 0 heterocycles. The Labute approximate surface area is 140 Å². The van der Waals surface area contributed by atoms with Crippen LogP contribution in [0.3, 0.4) is 0 Å². The third kappa shape index (κ3) is 3.88. The van der Waals surface area contributed by atoms with Crippen molar-refractivity contribution in [1.82, 2.24) is 0 Å². The first kappa shape index (κ1) is 15.1. The molecule has 0 amide bonds. The molecule has 0 unspecified atom stereocenters. The summed E-state index contributed by atoms with van der Waals surface area (Å²) in [4.78, 5) is 12.4.